The van der Waals surface area contributed by atoms with Gasteiger partial charge < -0.3 is 19.1 Å². The molecule has 0 aromatic rings. The summed E-state index contributed by atoms with van der Waals surface area (Å²) in [6, 6.07) is 2.56. The van der Waals surface area contributed by atoms with E-state index in [1.807, 2.05) is 0 Å². The van der Waals surface area contributed by atoms with E-state index in [0.717, 1.165) is 6.61 Å². The second kappa shape index (κ2) is 21.9. The second-order valence-corrected chi connectivity index (χ2v) is 15.9. The van der Waals surface area contributed by atoms with Gasteiger partial charge in [0.2, 0.25) is 0 Å². The summed E-state index contributed by atoms with van der Waals surface area (Å²) in [5.41, 5.74) is 0.380. The SMILES string of the molecule is CCCN(CCC)CCC(CCN(CCC)CCC)(CCN(CCC)CCC)C[Si](C)(CC)OCC. The predicted molar refractivity (Wildman–Crippen MR) is 166 cm³/mol. The summed E-state index contributed by atoms with van der Waals surface area (Å²) in [7, 11) is -1.74. The molecule has 0 N–H and O–H groups in total. The topological polar surface area (TPSA) is 19.0 Å². The zero-order valence-electron chi connectivity index (χ0n) is 26.6. The first kappa shape index (κ1) is 36.1. The molecule has 5 heteroatoms. The van der Waals surface area contributed by atoms with Crippen molar-refractivity contribution in [2.24, 2.45) is 5.41 Å². The van der Waals surface area contributed by atoms with Gasteiger partial charge in [0.25, 0.3) is 0 Å². The largest absolute Gasteiger partial charge is 0.417 e. The molecular weight excluding hydrogens is 458 g/mol. The third-order valence-corrected chi connectivity index (χ3v) is 12.1. The van der Waals surface area contributed by atoms with Crippen LogP contribution in [-0.4, -0.2) is 88.5 Å². The van der Waals surface area contributed by atoms with Crippen molar-refractivity contribution in [3.63, 3.8) is 0 Å². The van der Waals surface area contributed by atoms with Crippen molar-refractivity contribution in [3.05, 3.63) is 0 Å². The molecule has 1 unspecified atom stereocenters. The number of rotatable bonds is 26. The molecule has 0 aromatic carbocycles. The summed E-state index contributed by atoms with van der Waals surface area (Å²) >= 11 is 0. The van der Waals surface area contributed by atoms with Crippen LogP contribution in [0.4, 0.5) is 0 Å². The van der Waals surface area contributed by atoms with Gasteiger partial charge in [0.15, 0.2) is 8.32 Å². The van der Waals surface area contributed by atoms with Gasteiger partial charge in [-0.05, 0) is 148 Å². The predicted octanol–water partition coefficient (Wildman–Crippen LogP) is 8.14. The van der Waals surface area contributed by atoms with Crippen LogP contribution in [0.2, 0.25) is 18.6 Å². The van der Waals surface area contributed by atoms with Crippen molar-refractivity contribution in [2.75, 3.05) is 65.5 Å². The molecule has 0 aromatic heterocycles. The minimum atomic E-state index is -1.74. The van der Waals surface area contributed by atoms with Crippen LogP contribution >= 0.6 is 0 Å². The van der Waals surface area contributed by atoms with Gasteiger partial charge in [-0.2, -0.15) is 0 Å². The van der Waals surface area contributed by atoms with Crippen LogP contribution in [0.15, 0.2) is 0 Å². The molecule has 0 bridgehead atoms. The lowest BCUT2D eigenvalue weighted by Gasteiger charge is -2.43. The number of nitrogens with zero attached hydrogens (tertiary/aromatic N) is 3. The van der Waals surface area contributed by atoms with Crippen LogP contribution < -0.4 is 0 Å². The van der Waals surface area contributed by atoms with Crippen LogP contribution in [0.5, 0.6) is 0 Å². The summed E-state index contributed by atoms with van der Waals surface area (Å²) in [6.07, 6.45) is 11.6. The van der Waals surface area contributed by atoms with Gasteiger partial charge in [0.05, 0.1) is 0 Å². The third-order valence-electron chi connectivity index (χ3n) is 8.10. The van der Waals surface area contributed by atoms with E-state index in [9.17, 15) is 0 Å². The Hall–Kier alpha value is 0.0569. The van der Waals surface area contributed by atoms with E-state index in [0.29, 0.717) is 5.41 Å². The molecule has 0 aliphatic heterocycles. The smallest absolute Gasteiger partial charge is 0.190 e. The molecule has 4 nitrogen and oxygen atoms in total. The van der Waals surface area contributed by atoms with E-state index < -0.39 is 8.32 Å². The number of hydrogen-bond donors (Lipinski definition) is 0. The van der Waals surface area contributed by atoms with E-state index in [1.165, 1.54) is 129 Å². The van der Waals surface area contributed by atoms with Gasteiger partial charge in [-0.1, -0.05) is 48.5 Å². The summed E-state index contributed by atoms with van der Waals surface area (Å²) in [5.74, 6) is 0. The monoisotopic (exact) mass is 528 g/mol. The zero-order chi connectivity index (χ0) is 27.3. The lowest BCUT2D eigenvalue weighted by Crippen LogP contribution is -2.45. The van der Waals surface area contributed by atoms with Gasteiger partial charge in [0, 0.05) is 6.61 Å². The van der Waals surface area contributed by atoms with Crippen molar-refractivity contribution in [1.29, 1.82) is 0 Å². The summed E-state index contributed by atoms with van der Waals surface area (Å²) < 4.78 is 6.64. The molecule has 0 fully saturated rings. The van der Waals surface area contributed by atoms with E-state index in [2.05, 4.69) is 76.6 Å². The summed E-state index contributed by atoms with van der Waals surface area (Å²) in [6.45, 7) is 33.3. The molecule has 0 amide bonds. The highest BCUT2D eigenvalue weighted by molar-refractivity contribution is 6.72. The summed E-state index contributed by atoms with van der Waals surface area (Å²) in [4.78, 5) is 8.27. The van der Waals surface area contributed by atoms with Gasteiger partial charge >= 0.3 is 0 Å². The molecule has 0 saturated heterocycles. The van der Waals surface area contributed by atoms with Crippen molar-refractivity contribution in [3.8, 4) is 0 Å². The maximum absolute atomic E-state index is 6.64. The molecule has 0 spiro atoms. The fourth-order valence-electron chi connectivity index (χ4n) is 6.15. The Balaban J connectivity index is 6.10. The van der Waals surface area contributed by atoms with E-state index in [4.69, 9.17) is 4.43 Å². The molecule has 1 atom stereocenters. The second-order valence-electron chi connectivity index (χ2n) is 11.7. The molecule has 218 valence electrons. The Morgan fingerprint density at radius 2 is 0.806 bits per heavy atom. The zero-order valence-corrected chi connectivity index (χ0v) is 27.6. The lowest BCUT2D eigenvalue weighted by molar-refractivity contribution is 0.128. The molecule has 0 heterocycles. The first-order chi connectivity index (χ1) is 17.3. The third kappa shape index (κ3) is 15.5. The molecule has 0 aliphatic carbocycles. The Labute approximate surface area is 230 Å². The summed E-state index contributed by atoms with van der Waals surface area (Å²) in [5, 5.41) is 0. The molecule has 0 radical (unpaired) electrons. The molecule has 0 rings (SSSR count). The Morgan fingerprint density at radius 1 is 0.500 bits per heavy atom. The van der Waals surface area contributed by atoms with Gasteiger partial charge in [-0.25, -0.2) is 0 Å². The fourth-order valence-corrected chi connectivity index (χ4v) is 9.52. The minimum Gasteiger partial charge on any atom is -0.417 e. The molecule has 0 saturated carbocycles. The first-order valence-electron chi connectivity index (χ1n) is 16.1. The van der Waals surface area contributed by atoms with Crippen LogP contribution in [0.1, 0.15) is 113 Å². The normalized spacial score (nSPS) is 14.3. The van der Waals surface area contributed by atoms with Crippen LogP contribution in [0.3, 0.4) is 0 Å². The lowest BCUT2D eigenvalue weighted by atomic mass is 9.79. The van der Waals surface area contributed by atoms with Gasteiger partial charge in [-0.15, -0.1) is 0 Å². The van der Waals surface area contributed by atoms with Crippen LogP contribution in [0.25, 0.3) is 0 Å². The Morgan fingerprint density at radius 3 is 1.03 bits per heavy atom. The van der Waals surface area contributed by atoms with E-state index >= 15 is 0 Å². The van der Waals surface area contributed by atoms with Crippen molar-refractivity contribution >= 4 is 8.32 Å². The minimum absolute atomic E-state index is 0.380. The molecule has 36 heavy (non-hydrogen) atoms. The quantitative estimate of drug-likeness (QED) is 0.106. The average Bonchev–Trinajstić information content (AvgIpc) is 2.85. The average molecular weight is 528 g/mol. The van der Waals surface area contributed by atoms with E-state index in [-0.39, 0.29) is 0 Å². The van der Waals surface area contributed by atoms with Crippen LogP contribution in [0, 0.1) is 5.41 Å². The Bertz CT molecular complexity index is 424. The van der Waals surface area contributed by atoms with Crippen molar-refractivity contribution < 1.29 is 4.43 Å². The fraction of sp³-hybridized carbons (Fsp3) is 1.00. The van der Waals surface area contributed by atoms with Crippen molar-refractivity contribution in [1.82, 2.24) is 14.7 Å². The molecule has 0 aliphatic rings. The maximum Gasteiger partial charge on any atom is 0.190 e. The highest BCUT2D eigenvalue weighted by Gasteiger charge is 2.40. The van der Waals surface area contributed by atoms with Crippen LogP contribution in [-0.2, 0) is 4.43 Å². The highest BCUT2D eigenvalue weighted by atomic mass is 28.4. The first-order valence-corrected chi connectivity index (χ1v) is 18.9. The Kier molecular flexibility index (Phi) is 22.0. The number of hydrogen-bond acceptors (Lipinski definition) is 4. The highest BCUT2D eigenvalue weighted by Crippen LogP contribution is 2.42. The van der Waals surface area contributed by atoms with E-state index in [1.54, 1.807) is 0 Å². The standard InChI is InChI=1S/C31H69N3OSi/c1-10-21-32(22-11-2)27-18-31(30-36(9,17-8)35-16-7,19-28-33(23-12-3)24-13-4)20-29-34(25-14-5)26-15-6/h10-30H2,1-9H3. The van der Waals surface area contributed by atoms with Gasteiger partial charge in [0.1, 0.15) is 0 Å². The van der Waals surface area contributed by atoms with Crippen molar-refractivity contribution in [2.45, 2.75) is 132 Å². The molecular formula is C31H69N3OSi. The maximum atomic E-state index is 6.64. The van der Waals surface area contributed by atoms with Gasteiger partial charge in [-0.3, -0.25) is 0 Å².